The van der Waals surface area contributed by atoms with E-state index in [1.807, 2.05) is 10.6 Å². The van der Waals surface area contributed by atoms with Crippen molar-refractivity contribution < 1.29 is 9.53 Å². The van der Waals surface area contributed by atoms with Crippen molar-refractivity contribution in [3.05, 3.63) is 45.6 Å². The molecule has 9 heteroatoms. The summed E-state index contributed by atoms with van der Waals surface area (Å²) in [5.74, 6) is 0.847. The van der Waals surface area contributed by atoms with Gasteiger partial charge in [0.25, 0.3) is 0 Å². The van der Waals surface area contributed by atoms with E-state index in [0.717, 1.165) is 31.5 Å². The Kier molecular flexibility index (Phi) is 5.91. The number of anilines is 1. The predicted octanol–water partition coefficient (Wildman–Crippen LogP) is 3.09. The Morgan fingerprint density at radius 1 is 1.34 bits per heavy atom. The van der Waals surface area contributed by atoms with Crippen LogP contribution in [0.3, 0.4) is 0 Å². The summed E-state index contributed by atoms with van der Waals surface area (Å²) in [4.78, 5) is 27.4. The van der Waals surface area contributed by atoms with Gasteiger partial charge in [0.15, 0.2) is 0 Å². The third kappa shape index (κ3) is 4.48. The maximum Gasteiger partial charge on any atom is 0.346 e. The van der Waals surface area contributed by atoms with Crippen LogP contribution < -0.4 is 11.0 Å². The minimum atomic E-state index is -0.156. The average Bonchev–Trinajstić information content (AvgIpc) is 3.50. The zero-order valence-electron chi connectivity index (χ0n) is 16.5. The highest BCUT2D eigenvalue weighted by Gasteiger charge is 2.35. The van der Waals surface area contributed by atoms with Gasteiger partial charge in [-0.2, -0.15) is 5.10 Å². The van der Waals surface area contributed by atoms with Crippen LogP contribution in [-0.2, 0) is 11.3 Å². The van der Waals surface area contributed by atoms with E-state index in [9.17, 15) is 9.59 Å². The van der Waals surface area contributed by atoms with Crippen LogP contribution in [0.25, 0.3) is 0 Å². The van der Waals surface area contributed by atoms with Crippen LogP contribution in [-0.4, -0.2) is 52.1 Å². The van der Waals surface area contributed by atoms with Crippen molar-refractivity contribution >= 4 is 23.3 Å². The molecular formula is C20H26ClN5O3. The number of amides is 2. The van der Waals surface area contributed by atoms with Gasteiger partial charge < -0.3 is 15.0 Å². The molecule has 1 aliphatic carbocycles. The van der Waals surface area contributed by atoms with E-state index in [1.165, 1.54) is 4.68 Å². The molecule has 0 radical (unpaired) electrons. The molecule has 1 N–H and O–H groups in total. The zero-order chi connectivity index (χ0) is 20.4. The summed E-state index contributed by atoms with van der Waals surface area (Å²) in [6.45, 7) is 2.11. The number of hydrogen-bond donors (Lipinski definition) is 1. The van der Waals surface area contributed by atoms with E-state index >= 15 is 0 Å². The van der Waals surface area contributed by atoms with Gasteiger partial charge in [-0.25, -0.2) is 14.3 Å². The molecule has 156 valence electrons. The summed E-state index contributed by atoms with van der Waals surface area (Å²) in [6, 6.07) is 7.19. The number of methoxy groups -OCH3 is 1. The number of rotatable bonds is 6. The molecule has 2 heterocycles. The number of urea groups is 1. The standard InChI is InChI=1S/C20H26ClN5O3/c1-29-11-10-25-20(28)26(17-7-8-17)18(23-25)14-4-3-9-24(13-14)19(27)22-16-6-2-5-15(21)12-16/h2,5-6,12,14,17H,3-4,7-11,13H2,1H3,(H,22,27). The summed E-state index contributed by atoms with van der Waals surface area (Å²) < 4.78 is 8.45. The lowest BCUT2D eigenvalue weighted by Gasteiger charge is -2.32. The molecule has 0 bridgehead atoms. The fourth-order valence-corrected chi connectivity index (χ4v) is 4.05. The number of aromatic nitrogens is 3. The number of nitrogens with zero attached hydrogens (tertiary/aromatic N) is 4. The lowest BCUT2D eigenvalue weighted by Crippen LogP contribution is -2.42. The maximum absolute atomic E-state index is 12.8. The fraction of sp³-hybridized carbons (Fsp3) is 0.550. The Labute approximate surface area is 174 Å². The molecule has 1 aromatic heterocycles. The normalized spacial score (nSPS) is 19.4. The Morgan fingerprint density at radius 3 is 2.90 bits per heavy atom. The summed E-state index contributed by atoms with van der Waals surface area (Å²) in [7, 11) is 1.61. The molecule has 2 amide bonds. The summed E-state index contributed by atoms with van der Waals surface area (Å²) in [5.41, 5.74) is 0.600. The molecule has 1 aromatic carbocycles. The molecule has 2 aliphatic rings. The van der Waals surface area contributed by atoms with Crippen molar-refractivity contribution in [2.75, 3.05) is 32.1 Å². The zero-order valence-corrected chi connectivity index (χ0v) is 17.3. The predicted molar refractivity (Wildman–Crippen MR) is 111 cm³/mol. The average molecular weight is 420 g/mol. The van der Waals surface area contributed by atoms with Gasteiger partial charge in [-0.05, 0) is 43.9 Å². The minimum absolute atomic E-state index is 0.0472. The molecule has 1 aliphatic heterocycles. The Balaban J connectivity index is 1.51. The van der Waals surface area contributed by atoms with E-state index in [-0.39, 0.29) is 23.7 Å². The first-order chi connectivity index (χ1) is 14.1. The molecule has 2 fully saturated rings. The molecule has 1 atom stereocenters. The van der Waals surface area contributed by atoms with Crippen LogP contribution >= 0.6 is 11.6 Å². The number of carbonyl (C=O) groups is 1. The van der Waals surface area contributed by atoms with Crippen LogP contribution in [0.15, 0.2) is 29.1 Å². The Morgan fingerprint density at radius 2 is 2.17 bits per heavy atom. The van der Waals surface area contributed by atoms with Gasteiger partial charge in [-0.3, -0.25) is 4.57 Å². The van der Waals surface area contributed by atoms with Crippen molar-refractivity contribution in [2.45, 2.75) is 44.2 Å². The lowest BCUT2D eigenvalue weighted by atomic mass is 9.97. The van der Waals surface area contributed by atoms with Crippen LogP contribution in [0.5, 0.6) is 0 Å². The first-order valence-corrected chi connectivity index (χ1v) is 10.4. The maximum atomic E-state index is 12.8. The number of piperidine rings is 1. The topological polar surface area (TPSA) is 81.4 Å². The second kappa shape index (κ2) is 8.59. The second-order valence-corrected chi connectivity index (χ2v) is 8.12. The highest BCUT2D eigenvalue weighted by molar-refractivity contribution is 6.30. The van der Waals surface area contributed by atoms with Crippen molar-refractivity contribution in [2.24, 2.45) is 0 Å². The summed E-state index contributed by atoms with van der Waals surface area (Å²) in [5, 5.41) is 8.12. The molecule has 1 saturated carbocycles. The Bertz CT molecular complexity index is 936. The van der Waals surface area contributed by atoms with Gasteiger partial charge >= 0.3 is 11.7 Å². The van der Waals surface area contributed by atoms with Gasteiger partial charge in [-0.1, -0.05) is 17.7 Å². The molecule has 0 spiro atoms. The summed E-state index contributed by atoms with van der Waals surface area (Å²) in [6.07, 6.45) is 3.80. The highest BCUT2D eigenvalue weighted by atomic mass is 35.5. The van der Waals surface area contributed by atoms with E-state index < -0.39 is 0 Å². The van der Waals surface area contributed by atoms with E-state index in [0.29, 0.717) is 37.0 Å². The number of hydrogen-bond acceptors (Lipinski definition) is 4. The van der Waals surface area contributed by atoms with E-state index in [4.69, 9.17) is 16.3 Å². The molecule has 4 rings (SSSR count). The van der Waals surface area contributed by atoms with Crippen LogP contribution in [0.2, 0.25) is 5.02 Å². The van der Waals surface area contributed by atoms with Gasteiger partial charge in [0, 0.05) is 42.9 Å². The molecule has 29 heavy (non-hydrogen) atoms. The van der Waals surface area contributed by atoms with E-state index in [2.05, 4.69) is 10.4 Å². The summed E-state index contributed by atoms with van der Waals surface area (Å²) >= 11 is 6.01. The van der Waals surface area contributed by atoms with Crippen molar-refractivity contribution in [3.8, 4) is 0 Å². The molecule has 1 saturated heterocycles. The van der Waals surface area contributed by atoms with Crippen LogP contribution in [0, 0.1) is 0 Å². The number of benzene rings is 1. The molecule has 1 unspecified atom stereocenters. The van der Waals surface area contributed by atoms with Gasteiger partial charge in [0.1, 0.15) is 5.82 Å². The van der Waals surface area contributed by atoms with Crippen molar-refractivity contribution in [1.29, 1.82) is 0 Å². The van der Waals surface area contributed by atoms with E-state index in [1.54, 1.807) is 30.2 Å². The molecule has 2 aromatic rings. The largest absolute Gasteiger partial charge is 0.383 e. The van der Waals surface area contributed by atoms with Gasteiger partial charge in [-0.15, -0.1) is 0 Å². The lowest BCUT2D eigenvalue weighted by molar-refractivity contribution is 0.181. The minimum Gasteiger partial charge on any atom is -0.383 e. The first-order valence-electron chi connectivity index (χ1n) is 10.1. The number of likely N-dealkylation sites (tertiary alicyclic amines) is 1. The third-order valence-corrected chi connectivity index (χ3v) is 5.70. The first kappa shape index (κ1) is 20.0. The smallest absolute Gasteiger partial charge is 0.346 e. The monoisotopic (exact) mass is 419 g/mol. The van der Waals surface area contributed by atoms with Crippen LogP contribution in [0.1, 0.15) is 43.5 Å². The quantitative estimate of drug-likeness (QED) is 0.780. The van der Waals surface area contributed by atoms with Gasteiger partial charge in [0.05, 0.1) is 13.2 Å². The third-order valence-electron chi connectivity index (χ3n) is 5.47. The molecular weight excluding hydrogens is 394 g/mol. The SMILES string of the molecule is COCCn1nc(C2CCCN(C(=O)Nc3cccc(Cl)c3)C2)n(C2CC2)c1=O. The fourth-order valence-electron chi connectivity index (χ4n) is 3.86. The number of halogens is 1. The van der Waals surface area contributed by atoms with Crippen molar-refractivity contribution in [1.82, 2.24) is 19.2 Å². The van der Waals surface area contributed by atoms with Crippen molar-refractivity contribution in [3.63, 3.8) is 0 Å². The van der Waals surface area contributed by atoms with Crippen LogP contribution in [0.4, 0.5) is 10.5 Å². The highest BCUT2D eigenvalue weighted by Crippen LogP contribution is 2.37. The number of nitrogens with one attached hydrogen (secondary N) is 1. The number of ether oxygens (including phenoxy) is 1. The Hall–Kier alpha value is -2.32. The van der Waals surface area contributed by atoms with Gasteiger partial charge in [0.2, 0.25) is 0 Å². The molecule has 8 nitrogen and oxygen atoms in total. The second-order valence-electron chi connectivity index (χ2n) is 7.68. The number of carbonyl (C=O) groups excluding carboxylic acids is 1.